The molecule has 0 aliphatic heterocycles. The first-order chi connectivity index (χ1) is 9.55. The van der Waals surface area contributed by atoms with Crippen LogP contribution in [0.15, 0.2) is 40.9 Å². The molecule has 0 aromatic heterocycles. The lowest BCUT2D eigenvalue weighted by Crippen LogP contribution is -2.13. The SMILES string of the molecule is COc1ccc(OC)c(C(N)c2cc(F)cc(Br)c2)c1. The maximum Gasteiger partial charge on any atom is 0.124 e. The van der Waals surface area contributed by atoms with E-state index in [0.717, 1.165) is 5.56 Å². The number of ether oxygens (including phenoxy) is 2. The van der Waals surface area contributed by atoms with Crippen LogP contribution in [0.3, 0.4) is 0 Å². The number of hydrogen-bond donors (Lipinski definition) is 1. The molecule has 0 radical (unpaired) electrons. The van der Waals surface area contributed by atoms with Crippen molar-refractivity contribution in [3.05, 3.63) is 57.8 Å². The second kappa shape index (κ2) is 6.24. The molecular formula is C15H15BrFNO2. The van der Waals surface area contributed by atoms with Gasteiger partial charge in [0.15, 0.2) is 0 Å². The zero-order valence-corrected chi connectivity index (χ0v) is 12.8. The standard InChI is InChI=1S/C15H15BrFNO2/c1-19-12-3-4-14(20-2)13(8-12)15(18)9-5-10(16)7-11(17)6-9/h3-8,15H,18H2,1-2H3. The molecule has 2 rings (SSSR count). The first-order valence-electron chi connectivity index (χ1n) is 5.98. The van der Waals surface area contributed by atoms with Crippen LogP contribution in [-0.2, 0) is 0 Å². The van der Waals surface area contributed by atoms with Crippen LogP contribution in [0.1, 0.15) is 17.2 Å². The fourth-order valence-electron chi connectivity index (χ4n) is 2.02. The molecule has 0 heterocycles. The van der Waals surface area contributed by atoms with Gasteiger partial charge in [-0.3, -0.25) is 0 Å². The van der Waals surface area contributed by atoms with Crippen molar-refractivity contribution in [3.63, 3.8) is 0 Å². The number of rotatable bonds is 4. The summed E-state index contributed by atoms with van der Waals surface area (Å²) in [5.41, 5.74) is 7.63. The van der Waals surface area contributed by atoms with Crippen LogP contribution in [0.5, 0.6) is 11.5 Å². The van der Waals surface area contributed by atoms with E-state index in [1.54, 1.807) is 38.5 Å². The van der Waals surface area contributed by atoms with Gasteiger partial charge in [-0.2, -0.15) is 0 Å². The summed E-state index contributed by atoms with van der Waals surface area (Å²) in [5, 5.41) is 0. The minimum Gasteiger partial charge on any atom is -0.497 e. The molecule has 2 aromatic rings. The maximum atomic E-state index is 13.5. The van der Waals surface area contributed by atoms with Crippen LogP contribution in [0, 0.1) is 5.82 Å². The topological polar surface area (TPSA) is 44.5 Å². The van der Waals surface area contributed by atoms with Crippen LogP contribution >= 0.6 is 15.9 Å². The monoisotopic (exact) mass is 339 g/mol. The van der Waals surface area contributed by atoms with Gasteiger partial charge in [0.1, 0.15) is 17.3 Å². The minimum atomic E-state index is -0.507. The van der Waals surface area contributed by atoms with Gasteiger partial charge in [-0.1, -0.05) is 15.9 Å². The average Bonchev–Trinajstić information content (AvgIpc) is 2.44. The molecule has 2 aromatic carbocycles. The smallest absolute Gasteiger partial charge is 0.124 e. The molecule has 5 heteroatoms. The molecular weight excluding hydrogens is 325 g/mol. The van der Waals surface area contributed by atoms with Crippen molar-refractivity contribution in [1.29, 1.82) is 0 Å². The highest BCUT2D eigenvalue weighted by atomic mass is 79.9. The van der Waals surface area contributed by atoms with Crippen molar-refractivity contribution < 1.29 is 13.9 Å². The average molecular weight is 340 g/mol. The number of benzene rings is 2. The van der Waals surface area contributed by atoms with E-state index in [1.807, 2.05) is 0 Å². The molecule has 0 saturated carbocycles. The molecule has 0 aliphatic rings. The van der Waals surface area contributed by atoms with E-state index in [9.17, 15) is 4.39 Å². The second-order valence-corrected chi connectivity index (χ2v) is 5.20. The maximum absolute atomic E-state index is 13.5. The summed E-state index contributed by atoms with van der Waals surface area (Å²) in [6.07, 6.45) is 0. The van der Waals surface area contributed by atoms with Crippen LogP contribution in [0.4, 0.5) is 4.39 Å². The molecule has 20 heavy (non-hydrogen) atoms. The highest BCUT2D eigenvalue weighted by Gasteiger charge is 2.16. The van der Waals surface area contributed by atoms with Crippen molar-refractivity contribution in [2.24, 2.45) is 5.73 Å². The van der Waals surface area contributed by atoms with E-state index in [1.165, 1.54) is 12.1 Å². The Kier molecular flexibility index (Phi) is 4.62. The normalized spacial score (nSPS) is 12.1. The summed E-state index contributed by atoms with van der Waals surface area (Å²) >= 11 is 3.27. The van der Waals surface area contributed by atoms with E-state index in [-0.39, 0.29) is 5.82 Å². The molecule has 2 N–H and O–H groups in total. The Morgan fingerprint density at radius 3 is 2.45 bits per heavy atom. The third-order valence-electron chi connectivity index (χ3n) is 3.02. The summed E-state index contributed by atoms with van der Waals surface area (Å²) < 4.78 is 24.6. The van der Waals surface area contributed by atoms with Crippen molar-refractivity contribution in [2.75, 3.05) is 14.2 Å². The van der Waals surface area contributed by atoms with Gasteiger partial charge in [-0.25, -0.2) is 4.39 Å². The molecule has 0 saturated heterocycles. The Labute approximate surface area is 125 Å². The number of methoxy groups -OCH3 is 2. The summed E-state index contributed by atoms with van der Waals surface area (Å²) in [7, 11) is 3.15. The first kappa shape index (κ1) is 14.8. The number of hydrogen-bond acceptors (Lipinski definition) is 3. The highest BCUT2D eigenvalue weighted by molar-refractivity contribution is 9.10. The molecule has 0 fully saturated rings. The fraction of sp³-hybridized carbons (Fsp3) is 0.200. The van der Waals surface area contributed by atoms with Gasteiger partial charge >= 0.3 is 0 Å². The number of nitrogens with two attached hydrogens (primary N) is 1. The molecule has 106 valence electrons. The molecule has 1 atom stereocenters. The van der Waals surface area contributed by atoms with Gasteiger partial charge in [0.25, 0.3) is 0 Å². The Morgan fingerprint density at radius 1 is 1.10 bits per heavy atom. The summed E-state index contributed by atoms with van der Waals surface area (Å²) in [6.45, 7) is 0. The molecule has 3 nitrogen and oxygen atoms in total. The largest absolute Gasteiger partial charge is 0.497 e. The van der Waals surface area contributed by atoms with E-state index < -0.39 is 6.04 Å². The van der Waals surface area contributed by atoms with Crippen LogP contribution in [-0.4, -0.2) is 14.2 Å². The van der Waals surface area contributed by atoms with Gasteiger partial charge in [0.05, 0.1) is 20.3 Å². The molecule has 0 bridgehead atoms. The van der Waals surface area contributed by atoms with Crippen molar-refractivity contribution >= 4 is 15.9 Å². The fourth-order valence-corrected chi connectivity index (χ4v) is 2.50. The lowest BCUT2D eigenvalue weighted by atomic mass is 9.98. The van der Waals surface area contributed by atoms with E-state index in [4.69, 9.17) is 15.2 Å². The Balaban J connectivity index is 2.48. The minimum absolute atomic E-state index is 0.341. The highest BCUT2D eigenvalue weighted by Crippen LogP contribution is 2.32. The first-order valence-corrected chi connectivity index (χ1v) is 6.78. The van der Waals surface area contributed by atoms with Gasteiger partial charge in [0, 0.05) is 10.0 Å². The van der Waals surface area contributed by atoms with E-state index in [0.29, 0.717) is 21.5 Å². The Morgan fingerprint density at radius 2 is 1.85 bits per heavy atom. The summed E-state index contributed by atoms with van der Waals surface area (Å²) in [5.74, 6) is 0.970. The van der Waals surface area contributed by atoms with E-state index >= 15 is 0 Å². The second-order valence-electron chi connectivity index (χ2n) is 4.29. The van der Waals surface area contributed by atoms with Crippen molar-refractivity contribution in [2.45, 2.75) is 6.04 Å². The Bertz CT molecular complexity index is 599. The van der Waals surface area contributed by atoms with Crippen LogP contribution in [0.2, 0.25) is 0 Å². The third-order valence-corrected chi connectivity index (χ3v) is 3.47. The molecule has 0 spiro atoms. The predicted octanol–water partition coefficient (Wildman–Crippen LogP) is 3.65. The Hall–Kier alpha value is -1.59. The summed E-state index contributed by atoms with van der Waals surface area (Å²) in [6, 6.07) is 9.44. The quantitative estimate of drug-likeness (QED) is 0.924. The van der Waals surface area contributed by atoms with E-state index in [2.05, 4.69) is 15.9 Å². The van der Waals surface area contributed by atoms with Gasteiger partial charge in [0.2, 0.25) is 0 Å². The molecule has 0 amide bonds. The van der Waals surface area contributed by atoms with Crippen molar-refractivity contribution in [3.8, 4) is 11.5 Å². The number of halogens is 2. The summed E-state index contributed by atoms with van der Waals surface area (Å²) in [4.78, 5) is 0. The molecule has 1 unspecified atom stereocenters. The van der Waals surface area contributed by atoms with Crippen LogP contribution < -0.4 is 15.2 Å². The third kappa shape index (κ3) is 3.11. The van der Waals surface area contributed by atoms with Crippen molar-refractivity contribution in [1.82, 2.24) is 0 Å². The lowest BCUT2D eigenvalue weighted by molar-refractivity contribution is 0.397. The van der Waals surface area contributed by atoms with Gasteiger partial charge in [-0.05, 0) is 42.0 Å². The van der Waals surface area contributed by atoms with Gasteiger partial charge < -0.3 is 15.2 Å². The van der Waals surface area contributed by atoms with Crippen LogP contribution in [0.25, 0.3) is 0 Å². The zero-order chi connectivity index (χ0) is 14.7. The molecule has 0 aliphatic carbocycles. The predicted molar refractivity (Wildman–Crippen MR) is 79.7 cm³/mol. The van der Waals surface area contributed by atoms with Gasteiger partial charge in [-0.15, -0.1) is 0 Å². The zero-order valence-electron chi connectivity index (χ0n) is 11.2. The lowest BCUT2D eigenvalue weighted by Gasteiger charge is -2.17.